The molecule has 1 atom stereocenters. The highest BCUT2D eigenvalue weighted by atomic mass is 14.6. The molecule has 0 fully saturated rings. The number of fused-ring (bicyclic) bond motifs is 5. The van der Waals surface area contributed by atoms with Crippen molar-refractivity contribution in [1.29, 1.82) is 0 Å². The molecule has 1 aliphatic rings. The van der Waals surface area contributed by atoms with Gasteiger partial charge in [-0.15, -0.1) is 0 Å². The van der Waals surface area contributed by atoms with E-state index < -0.39 is 0 Å². The van der Waals surface area contributed by atoms with Crippen molar-refractivity contribution in [2.24, 2.45) is 0 Å². The van der Waals surface area contributed by atoms with Crippen LogP contribution in [0.2, 0.25) is 0 Å². The second kappa shape index (κ2) is 5.70. The van der Waals surface area contributed by atoms with E-state index in [-0.39, 0.29) is 0 Å². The first-order valence-electron chi connectivity index (χ1n) is 9.20. The highest BCUT2D eigenvalue weighted by molar-refractivity contribution is 6.15. The van der Waals surface area contributed by atoms with Gasteiger partial charge in [-0.25, -0.2) is 0 Å². The maximum Gasteiger partial charge on any atom is 0.0273 e. The molecule has 4 aromatic rings. The molecule has 0 bridgehead atoms. The van der Waals surface area contributed by atoms with Crippen molar-refractivity contribution < 1.29 is 0 Å². The summed E-state index contributed by atoms with van der Waals surface area (Å²) in [5.74, 6) is 0.657. The highest BCUT2D eigenvalue weighted by Gasteiger charge is 2.21. The standard InChI is InChI=1S/C24H21N/c1-16-5-4-8-21-19(16)9-10-22-20-7-3-2-6-18(20)15-23(24(21)22)17-11-13-25-14-12-17/h2-3,6-7,9-16H,4-5,8H2,1H3. The molecule has 1 unspecified atom stereocenters. The van der Waals surface area contributed by atoms with Crippen LogP contribution >= 0.6 is 0 Å². The molecule has 1 heterocycles. The lowest BCUT2D eigenvalue weighted by atomic mass is 9.79. The summed E-state index contributed by atoms with van der Waals surface area (Å²) >= 11 is 0. The first kappa shape index (κ1) is 14.7. The molecule has 0 spiro atoms. The summed E-state index contributed by atoms with van der Waals surface area (Å²) in [6.45, 7) is 2.37. The Labute approximate surface area is 148 Å². The minimum Gasteiger partial charge on any atom is -0.265 e. The van der Waals surface area contributed by atoms with Crippen LogP contribution in [0, 0.1) is 0 Å². The van der Waals surface area contributed by atoms with Gasteiger partial charge in [-0.1, -0.05) is 43.3 Å². The van der Waals surface area contributed by atoms with Crippen molar-refractivity contribution >= 4 is 21.5 Å². The number of nitrogens with zero attached hydrogens (tertiary/aromatic N) is 1. The number of pyridine rings is 1. The van der Waals surface area contributed by atoms with Crippen molar-refractivity contribution in [2.75, 3.05) is 0 Å². The van der Waals surface area contributed by atoms with Crippen molar-refractivity contribution in [2.45, 2.75) is 32.1 Å². The summed E-state index contributed by atoms with van der Waals surface area (Å²) < 4.78 is 0. The number of rotatable bonds is 1. The van der Waals surface area contributed by atoms with E-state index in [4.69, 9.17) is 0 Å². The monoisotopic (exact) mass is 323 g/mol. The van der Waals surface area contributed by atoms with E-state index in [0.29, 0.717) is 5.92 Å². The third-order valence-electron chi connectivity index (χ3n) is 5.76. The Hall–Kier alpha value is -2.67. The first-order chi connectivity index (χ1) is 12.3. The average Bonchev–Trinajstić information content (AvgIpc) is 2.68. The van der Waals surface area contributed by atoms with Crippen LogP contribution in [0.3, 0.4) is 0 Å². The van der Waals surface area contributed by atoms with Crippen LogP contribution in [0.1, 0.15) is 36.8 Å². The predicted molar refractivity (Wildman–Crippen MR) is 106 cm³/mol. The second-order valence-corrected chi connectivity index (χ2v) is 7.23. The Bertz CT molecular complexity index is 1080. The molecule has 1 nitrogen and oxygen atoms in total. The lowest BCUT2D eigenvalue weighted by molar-refractivity contribution is 0.593. The molecule has 1 aromatic heterocycles. The summed E-state index contributed by atoms with van der Waals surface area (Å²) in [4.78, 5) is 4.21. The van der Waals surface area contributed by atoms with Gasteiger partial charge in [0.25, 0.3) is 0 Å². The fourth-order valence-corrected chi connectivity index (χ4v) is 4.52. The van der Waals surface area contributed by atoms with Gasteiger partial charge in [-0.05, 0) is 87.2 Å². The predicted octanol–water partition coefficient (Wildman–Crippen LogP) is 6.49. The molecule has 122 valence electrons. The van der Waals surface area contributed by atoms with Gasteiger partial charge in [0.2, 0.25) is 0 Å². The number of aromatic nitrogens is 1. The molecule has 0 amide bonds. The zero-order valence-electron chi connectivity index (χ0n) is 14.5. The number of hydrogen-bond donors (Lipinski definition) is 0. The van der Waals surface area contributed by atoms with E-state index in [2.05, 4.69) is 66.5 Å². The summed E-state index contributed by atoms with van der Waals surface area (Å²) in [5.41, 5.74) is 5.72. The van der Waals surface area contributed by atoms with Crippen molar-refractivity contribution in [1.82, 2.24) is 4.98 Å². The fourth-order valence-electron chi connectivity index (χ4n) is 4.52. The van der Waals surface area contributed by atoms with Crippen LogP contribution in [0.15, 0.2) is 67.0 Å². The summed E-state index contributed by atoms with van der Waals surface area (Å²) in [6, 6.07) is 20.1. The molecule has 1 aliphatic carbocycles. The van der Waals surface area contributed by atoms with E-state index >= 15 is 0 Å². The molecule has 0 aliphatic heterocycles. The van der Waals surface area contributed by atoms with E-state index in [1.54, 1.807) is 11.1 Å². The number of benzene rings is 3. The smallest absolute Gasteiger partial charge is 0.0273 e. The zero-order chi connectivity index (χ0) is 16.8. The third kappa shape index (κ3) is 2.26. The van der Waals surface area contributed by atoms with Gasteiger partial charge in [0.15, 0.2) is 0 Å². The fraction of sp³-hybridized carbons (Fsp3) is 0.208. The van der Waals surface area contributed by atoms with Crippen LogP contribution < -0.4 is 0 Å². The van der Waals surface area contributed by atoms with E-state index in [1.807, 2.05) is 12.4 Å². The van der Waals surface area contributed by atoms with Gasteiger partial charge in [0.1, 0.15) is 0 Å². The molecular formula is C24H21N. The van der Waals surface area contributed by atoms with E-state index in [1.165, 1.54) is 51.9 Å². The maximum atomic E-state index is 4.21. The molecule has 0 radical (unpaired) electrons. The Morgan fingerprint density at radius 1 is 0.920 bits per heavy atom. The lowest BCUT2D eigenvalue weighted by Crippen LogP contribution is -2.08. The summed E-state index contributed by atoms with van der Waals surface area (Å²) in [7, 11) is 0. The lowest BCUT2D eigenvalue weighted by Gasteiger charge is -2.25. The normalized spacial score (nSPS) is 16.9. The molecule has 5 rings (SSSR count). The Morgan fingerprint density at radius 2 is 1.76 bits per heavy atom. The molecule has 0 N–H and O–H groups in total. The third-order valence-corrected chi connectivity index (χ3v) is 5.76. The van der Waals surface area contributed by atoms with Crippen LogP contribution in [-0.2, 0) is 6.42 Å². The van der Waals surface area contributed by atoms with Gasteiger partial charge in [-0.3, -0.25) is 4.98 Å². The van der Waals surface area contributed by atoms with Crippen molar-refractivity contribution in [3.05, 3.63) is 78.1 Å². The zero-order valence-corrected chi connectivity index (χ0v) is 14.5. The van der Waals surface area contributed by atoms with Gasteiger partial charge in [0, 0.05) is 12.4 Å². The summed E-state index contributed by atoms with van der Waals surface area (Å²) in [5, 5.41) is 5.51. The molecule has 0 saturated carbocycles. The van der Waals surface area contributed by atoms with Crippen LogP contribution in [0.5, 0.6) is 0 Å². The molecule has 1 heteroatoms. The molecule has 3 aromatic carbocycles. The van der Waals surface area contributed by atoms with Crippen molar-refractivity contribution in [3.63, 3.8) is 0 Å². The Morgan fingerprint density at radius 3 is 2.64 bits per heavy atom. The van der Waals surface area contributed by atoms with Gasteiger partial charge < -0.3 is 0 Å². The van der Waals surface area contributed by atoms with Gasteiger partial charge in [-0.2, -0.15) is 0 Å². The van der Waals surface area contributed by atoms with Crippen LogP contribution in [0.25, 0.3) is 32.7 Å². The number of aryl methyl sites for hydroxylation is 1. The van der Waals surface area contributed by atoms with E-state index in [0.717, 1.165) is 0 Å². The quantitative estimate of drug-likeness (QED) is 0.365. The average molecular weight is 323 g/mol. The number of hydrogen-bond acceptors (Lipinski definition) is 1. The minimum absolute atomic E-state index is 0.657. The molecular weight excluding hydrogens is 302 g/mol. The second-order valence-electron chi connectivity index (χ2n) is 7.23. The highest BCUT2D eigenvalue weighted by Crippen LogP contribution is 2.42. The van der Waals surface area contributed by atoms with E-state index in [9.17, 15) is 0 Å². The van der Waals surface area contributed by atoms with Gasteiger partial charge in [0.05, 0.1) is 0 Å². The first-order valence-corrected chi connectivity index (χ1v) is 9.20. The van der Waals surface area contributed by atoms with Crippen LogP contribution in [-0.4, -0.2) is 4.98 Å². The largest absolute Gasteiger partial charge is 0.265 e. The Balaban J connectivity index is 1.97. The molecule has 25 heavy (non-hydrogen) atoms. The Kier molecular flexibility index (Phi) is 3.34. The molecule has 0 saturated heterocycles. The van der Waals surface area contributed by atoms with Gasteiger partial charge >= 0.3 is 0 Å². The minimum atomic E-state index is 0.657. The maximum absolute atomic E-state index is 4.21. The van der Waals surface area contributed by atoms with Crippen molar-refractivity contribution in [3.8, 4) is 11.1 Å². The SMILES string of the molecule is CC1CCCc2c1ccc1c2c(-c2ccncc2)cc2ccccc21. The summed E-state index contributed by atoms with van der Waals surface area (Å²) in [6.07, 6.45) is 7.57. The topological polar surface area (TPSA) is 12.9 Å². The van der Waals surface area contributed by atoms with Crippen LogP contribution in [0.4, 0.5) is 0 Å².